The van der Waals surface area contributed by atoms with E-state index >= 15 is 0 Å². The monoisotopic (exact) mass is 224 g/mol. The summed E-state index contributed by atoms with van der Waals surface area (Å²) in [7, 11) is 1.81. The number of anilines is 1. The van der Waals surface area contributed by atoms with Gasteiger partial charge >= 0.3 is 0 Å². The molecule has 0 atom stereocenters. The lowest BCUT2D eigenvalue weighted by molar-refractivity contribution is 0.0786. The summed E-state index contributed by atoms with van der Waals surface area (Å²) in [4.78, 5) is 13.7. The first-order valence-electron chi connectivity index (χ1n) is 4.92. The standard InChI is InChI=1S/C11H13ClN2O/c1-14(8-3-4-8)11(15)9-5-2-7(12)6-10(9)13/h2,5-6,8H,3-4,13H2,1H3. The third kappa shape index (κ3) is 2.07. The Morgan fingerprint density at radius 1 is 1.53 bits per heavy atom. The van der Waals surface area contributed by atoms with Crippen molar-refractivity contribution in [1.29, 1.82) is 0 Å². The SMILES string of the molecule is CN(C(=O)c1ccc(Cl)cc1N)C1CC1. The number of halogens is 1. The van der Waals surface area contributed by atoms with Gasteiger partial charge in [0.15, 0.2) is 0 Å². The molecule has 1 aliphatic rings. The fourth-order valence-electron chi connectivity index (χ4n) is 1.55. The van der Waals surface area contributed by atoms with Crippen molar-refractivity contribution in [1.82, 2.24) is 4.90 Å². The molecule has 4 heteroatoms. The number of hydrogen-bond acceptors (Lipinski definition) is 2. The molecule has 15 heavy (non-hydrogen) atoms. The number of hydrogen-bond donors (Lipinski definition) is 1. The molecule has 2 rings (SSSR count). The van der Waals surface area contributed by atoms with E-state index in [4.69, 9.17) is 17.3 Å². The van der Waals surface area contributed by atoms with Crippen LogP contribution in [-0.2, 0) is 0 Å². The molecule has 1 fully saturated rings. The molecular weight excluding hydrogens is 212 g/mol. The fraction of sp³-hybridized carbons (Fsp3) is 0.364. The fourth-order valence-corrected chi connectivity index (χ4v) is 1.73. The van der Waals surface area contributed by atoms with Crippen molar-refractivity contribution >= 4 is 23.2 Å². The predicted molar refractivity (Wildman–Crippen MR) is 61.0 cm³/mol. The van der Waals surface area contributed by atoms with Crippen LogP contribution < -0.4 is 5.73 Å². The second kappa shape index (κ2) is 3.74. The average Bonchev–Trinajstić information content (AvgIpc) is 2.99. The summed E-state index contributed by atoms with van der Waals surface area (Å²) >= 11 is 5.77. The molecule has 80 valence electrons. The third-order valence-electron chi connectivity index (χ3n) is 2.66. The Bertz CT molecular complexity index is 402. The van der Waals surface area contributed by atoms with Crippen molar-refractivity contribution in [3.63, 3.8) is 0 Å². The van der Waals surface area contributed by atoms with Gasteiger partial charge in [-0.15, -0.1) is 0 Å². The van der Waals surface area contributed by atoms with Gasteiger partial charge in [0.2, 0.25) is 0 Å². The highest BCUT2D eigenvalue weighted by atomic mass is 35.5. The number of rotatable bonds is 2. The van der Waals surface area contributed by atoms with Gasteiger partial charge < -0.3 is 10.6 Å². The lowest BCUT2D eigenvalue weighted by Gasteiger charge is -2.17. The molecule has 0 aromatic heterocycles. The second-order valence-corrected chi connectivity index (χ2v) is 4.32. The molecule has 1 aliphatic carbocycles. The average molecular weight is 225 g/mol. The molecule has 1 aromatic carbocycles. The summed E-state index contributed by atoms with van der Waals surface area (Å²) in [6.07, 6.45) is 2.19. The summed E-state index contributed by atoms with van der Waals surface area (Å²) in [6, 6.07) is 5.37. The molecule has 1 amide bonds. The molecule has 0 unspecified atom stereocenters. The third-order valence-corrected chi connectivity index (χ3v) is 2.89. The van der Waals surface area contributed by atoms with Crippen LogP contribution in [0.25, 0.3) is 0 Å². The van der Waals surface area contributed by atoms with Gasteiger partial charge in [-0.25, -0.2) is 0 Å². The first-order valence-corrected chi connectivity index (χ1v) is 5.29. The van der Waals surface area contributed by atoms with Gasteiger partial charge in [0.25, 0.3) is 5.91 Å². The van der Waals surface area contributed by atoms with Crippen LogP contribution in [0.4, 0.5) is 5.69 Å². The number of nitrogens with two attached hydrogens (primary N) is 1. The molecule has 0 spiro atoms. The predicted octanol–water partition coefficient (Wildman–Crippen LogP) is 2.16. The Balaban J connectivity index is 2.24. The molecule has 0 radical (unpaired) electrons. The number of carbonyl (C=O) groups excluding carboxylic acids is 1. The van der Waals surface area contributed by atoms with Crippen LogP contribution in [0.15, 0.2) is 18.2 Å². The van der Waals surface area contributed by atoms with E-state index in [2.05, 4.69) is 0 Å². The van der Waals surface area contributed by atoms with E-state index in [1.165, 1.54) is 0 Å². The second-order valence-electron chi connectivity index (χ2n) is 3.88. The van der Waals surface area contributed by atoms with E-state index in [0.29, 0.717) is 22.3 Å². The Morgan fingerprint density at radius 3 is 2.73 bits per heavy atom. The van der Waals surface area contributed by atoms with Crippen molar-refractivity contribution < 1.29 is 4.79 Å². The smallest absolute Gasteiger partial charge is 0.255 e. The maximum Gasteiger partial charge on any atom is 0.255 e. The van der Waals surface area contributed by atoms with E-state index in [0.717, 1.165) is 12.8 Å². The van der Waals surface area contributed by atoms with E-state index in [-0.39, 0.29) is 5.91 Å². The number of nitrogens with zero attached hydrogens (tertiary/aromatic N) is 1. The lowest BCUT2D eigenvalue weighted by atomic mass is 10.1. The van der Waals surface area contributed by atoms with E-state index in [1.807, 2.05) is 7.05 Å². The summed E-state index contributed by atoms with van der Waals surface area (Å²) in [5.74, 6) is -0.0216. The highest BCUT2D eigenvalue weighted by Gasteiger charge is 2.30. The van der Waals surface area contributed by atoms with Gasteiger partial charge in [-0.3, -0.25) is 4.79 Å². The molecule has 2 N–H and O–H groups in total. The van der Waals surface area contributed by atoms with Gasteiger partial charge in [-0.1, -0.05) is 11.6 Å². The molecule has 1 aromatic rings. The van der Waals surface area contributed by atoms with Crippen LogP contribution in [0.3, 0.4) is 0 Å². The van der Waals surface area contributed by atoms with E-state index < -0.39 is 0 Å². The summed E-state index contributed by atoms with van der Waals surface area (Å²) in [6.45, 7) is 0. The minimum atomic E-state index is -0.0216. The number of carbonyl (C=O) groups is 1. The maximum absolute atomic E-state index is 12.0. The molecule has 0 bridgehead atoms. The van der Waals surface area contributed by atoms with Gasteiger partial charge in [0.1, 0.15) is 0 Å². The quantitative estimate of drug-likeness (QED) is 0.783. The minimum absolute atomic E-state index is 0.0216. The summed E-state index contributed by atoms with van der Waals surface area (Å²) in [5.41, 5.74) is 6.73. The first kappa shape index (κ1) is 10.3. The maximum atomic E-state index is 12.0. The number of nitrogen functional groups attached to an aromatic ring is 1. The van der Waals surface area contributed by atoms with Crippen molar-refractivity contribution in [3.8, 4) is 0 Å². The Morgan fingerprint density at radius 2 is 2.20 bits per heavy atom. The van der Waals surface area contributed by atoms with Crippen molar-refractivity contribution in [2.45, 2.75) is 18.9 Å². The van der Waals surface area contributed by atoms with Crippen LogP contribution in [-0.4, -0.2) is 23.9 Å². The zero-order valence-electron chi connectivity index (χ0n) is 8.53. The molecule has 3 nitrogen and oxygen atoms in total. The normalized spacial score (nSPS) is 15.1. The lowest BCUT2D eigenvalue weighted by Crippen LogP contribution is -2.29. The van der Waals surface area contributed by atoms with Crippen LogP contribution in [0.1, 0.15) is 23.2 Å². The van der Waals surface area contributed by atoms with Crippen LogP contribution in [0, 0.1) is 0 Å². The highest BCUT2D eigenvalue weighted by molar-refractivity contribution is 6.31. The number of amides is 1. The molecule has 0 aliphatic heterocycles. The van der Waals surface area contributed by atoms with Gasteiger partial charge in [-0.2, -0.15) is 0 Å². The van der Waals surface area contributed by atoms with Crippen molar-refractivity contribution in [3.05, 3.63) is 28.8 Å². The van der Waals surface area contributed by atoms with Gasteiger partial charge in [0, 0.05) is 23.8 Å². The van der Waals surface area contributed by atoms with Gasteiger partial charge in [-0.05, 0) is 31.0 Å². The molecule has 0 heterocycles. The van der Waals surface area contributed by atoms with Crippen LogP contribution in [0.5, 0.6) is 0 Å². The largest absolute Gasteiger partial charge is 0.398 e. The van der Waals surface area contributed by atoms with Crippen LogP contribution in [0.2, 0.25) is 5.02 Å². The Labute approximate surface area is 93.8 Å². The summed E-state index contributed by atoms with van der Waals surface area (Å²) in [5, 5.41) is 0.554. The zero-order valence-corrected chi connectivity index (χ0v) is 9.29. The Kier molecular flexibility index (Phi) is 2.57. The van der Waals surface area contributed by atoms with Crippen LogP contribution >= 0.6 is 11.6 Å². The highest BCUT2D eigenvalue weighted by Crippen LogP contribution is 2.28. The number of benzene rings is 1. The van der Waals surface area contributed by atoms with Crippen molar-refractivity contribution in [2.75, 3.05) is 12.8 Å². The molecular formula is C11H13ClN2O. The molecule has 1 saturated carbocycles. The summed E-state index contributed by atoms with van der Waals surface area (Å²) < 4.78 is 0. The zero-order chi connectivity index (χ0) is 11.0. The minimum Gasteiger partial charge on any atom is -0.398 e. The first-order chi connectivity index (χ1) is 7.09. The van der Waals surface area contributed by atoms with E-state index in [9.17, 15) is 4.79 Å². The van der Waals surface area contributed by atoms with Gasteiger partial charge in [0.05, 0.1) is 5.56 Å². The molecule has 0 saturated heterocycles. The van der Waals surface area contributed by atoms with Crippen molar-refractivity contribution in [2.24, 2.45) is 0 Å². The Hall–Kier alpha value is -1.22. The topological polar surface area (TPSA) is 46.3 Å². The van der Waals surface area contributed by atoms with E-state index in [1.54, 1.807) is 23.1 Å².